The highest BCUT2D eigenvalue weighted by Gasteiger charge is 2.19. The first-order valence-electron chi connectivity index (χ1n) is 24.2. The van der Waals surface area contributed by atoms with Gasteiger partial charge in [0.25, 0.3) is 0 Å². The van der Waals surface area contributed by atoms with E-state index in [0.29, 0.717) is 19.3 Å². The fraction of sp³-hybridized carbons (Fsp3) is 0.898. The molecule has 1 atom stereocenters. The molecule has 0 radical (unpaired) electrons. The molecule has 0 saturated heterocycles. The first kappa shape index (κ1) is 53.1. The van der Waals surface area contributed by atoms with E-state index in [1.54, 1.807) is 0 Å². The Morgan fingerprint density at radius 2 is 0.600 bits per heavy atom. The first-order valence-corrected chi connectivity index (χ1v) is 24.2. The van der Waals surface area contributed by atoms with E-state index in [0.717, 1.165) is 64.2 Å². The number of hydrogen-bond acceptors (Lipinski definition) is 6. The van der Waals surface area contributed by atoms with Gasteiger partial charge in [0, 0.05) is 19.3 Å². The molecule has 0 amide bonds. The molecule has 0 unspecified atom stereocenters. The summed E-state index contributed by atoms with van der Waals surface area (Å²) in [5, 5.41) is 0. The van der Waals surface area contributed by atoms with E-state index in [1.807, 2.05) is 0 Å². The van der Waals surface area contributed by atoms with Gasteiger partial charge in [-0.05, 0) is 44.9 Å². The molecule has 0 rings (SSSR count). The fourth-order valence-corrected chi connectivity index (χ4v) is 7.08. The second-order valence-electron chi connectivity index (χ2n) is 16.4. The van der Waals surface area contributed by atoms with Crippen LogP contribution in [0.2, 0.25) is 0 Å². The molecule has 0 aliphatic heterocycles. The summed E-state index contributed by atoms with van der Waals surface area (Å²) in [7, 11) is 0. The topological polar surface area (TPSA) is 78.9 Å². The summed E-state index contributed by atoms with van der Waals surface area (Å²) < 4.78 is 16.7. The molecule has 0 aliphatic carbocycles. The van der Waals surface area contributed by atoms with Crippen LogP contribution in [0.25, 0.3) is 0 Å². The van der Waals surface area contributed by atoms with Crippen molar-refractivity contribution in [1.29, 1.82) is 0 Å². The van der Waals surface area contributed by atoms with Crippen LogP contribution in [0.3, 0.4) is 0 Å². The Balaban J connectivity index is 4.34. The standard InChI is InChI=1S/C49H92O6/c1-4-7-10-13-16-19-22-24-27-30-33-36-39-42-48(51)54-45-46(44-53-47(50)41-38-35-32-29-26-21-18-15-12-9-6-3)55-49(52)43-40-37-34-31-28-25-23-20-17-14-11-8-5-2/h20,23,46H,4-19,21-22,24-45H2,1-3H3/b23-20-/t46-/m0/s1. The Morgan fingerprint density at radius 3 is 0.927 bits per heavy atom. The highest BCUT2D eigenvalue weighted by atomic mass is 16.6. The van der Waals surface area contributed by atoms with E-state index in [-0.39, 0.29) is 31.1 Å². The summed E-state index contributed by atoms with van der Waals surface area (Å²) >= 11 is 0. The molecule has 0 fully saturated rings. The monoisotopic (exact) mass is 777 g/mol. The van der Waals surface area contributed by atoms with Gasteiger partial charge in [-0.25, -0.2) is 0 Å². The smallest absolute Gasteiger partial charge is 0.306 e. The molecule has 6 nitrogen and oxygen atoms in total. The molecule has 0 bridgehead atoms. The maximum atomic E-state index is 12.7. The van der Waals surface area contributed by atoms with Crippen LogP contribution in [0.4, 0.5) is 0 Å². The SMILES string of the molecule is CCCCCC/C=C\CCCCCCCC(=O)O[C@@H](COC(=O)CCCCCCCCCCCCC)COC(=O)CCCCCCCCCCCCCCC. The van der Waals surface area contributed by atoms with Gasteiger partial charge in [-0.2, -0.15) is 0 Å². The van der Waals surface area contributed by atoms with Crippen LogP contribution in [0.1, 0.15) is 265 Å². The lowest BCUT2D eigenvalue weighted by Gasteiger charge is -2.18. The van der Waals surface area contributed by atoms with E-state index in [2.05, 4.69) is 32.9 Å². The second kappa shape index (κ2) is 44.9. The summed E-state index contributed by atoms with van der Waals surface area (Å²) in [6.45, 7) is 6.63. The lowest BCUT2D eigenvalue weighted by Crippen LogP contribution is -2.30. The summed E-state index contributed by atoms with van der Waals surface area (Å²) in [4.78, 5) is 37.8. The molecule has 55 heavy (non-hydrogen) atoms. The maximum Gasteiger partial charge on any atom is 0.306 e. The lowest BCUT2D eigenvalue weighted by molar-refractivity contribution is -0.167. The molecule has 6 heteroatoms. The first-order chi connectivity index (χ1) is 27.0. The molecule has 324 valence electrons. The minimum Gasteiger partial charge on any atom is -0.462 e. The number of esters is 3. The van der Waals surface area contributed by atoms with Gasteiger partial charge in [0.1, 0.15) is 13.2 Å². The number of carbonyl (C=O) groups excluding carboxylic acids is 3. The van der Waals surface area contributed by atoms with E-state index in [4.69, 9.17) is 14.2 Å². The lowest BCUT2D eigenvalue weighted by atomic mass is 10.0. The Labute approximate surface area is 341 Å². The van der Waals surface area contributed by atoms with Gasteiger partial charge in [0.05, 0.1) is 0 Å². The van der Waals surface area contributed by atoms with Crippen molar-refractivity contribution in [3.05, 3.63) is 12.2 Å². The Kier molecular flexibility index (Phi) is 43.4. The minimum atomic E-state index is -0.766. The number of allylic oxidation sites excluding steroid dienone is 2. The number of hydrogen-bond donors (Lipinski definition) is 0. The fourth-order valence-electron chi connectivity index (χ4n) is 7.08. The van der Waals surface area contributed by atoms with Crippen molar-refractivity contribution in [3.8, 4) is 0 Å². The van der Waals surface area contributed by atoms with E-state index < -0.39 is 6.10 Å². The van der Waals surface area contributed by atoms with Crippen LogP contribution in [-0.4, -0.2) is 37.2 Å². The molecular weight excluding hydrogens is 685 g/mol. The quantitative estimate of drug-likeness (QED) is 0.0265. The Hall–Kier alpha value is -1.85. The molecule has 0 N–H and O–H groups in total. The predicted octanol–water partition coefficient (Wildman–Crippen LogP) is 15.4. The summed E-state index contributed by atoms with van der Waals surface area (Å²) in [6.07, 6.45) is 47.6. The number of carbonyl (C=O) groups is 3. The molecule has 0 saturated carbocycles. The average Bonchev–Trinajstić information content (AvgIpc) is 3.18. The van der Waals surface area contributed by atoms with E-state index in [9.17, 15) is 14.4 Å². The molecular formula is C49H92O6. The largest absolute Gasteiger partial charge is 0.462 e. The van der Waals surface area contributed by atoms with Gasteiger partial charge < -0.3 is 14.2 Å². The zero-order chi connectivity index (χ0) is 40.1. The number of ether oxygens (including phenoxy) is 3. The molecule has 0 aromatic carbocycles. The number of rotatable bonds is 44. The van der Waals surface area contributed by atoms with Crippen molar-refractivity contribution in [2.45, 2.75) is 271 Å². The third-order valence-electron chi connectivity index (χ3n) is 10.8. The van der Waals surface area contributed by atoms with Crippen molar-refractivity contribution < 1.29 is 28.6 Å². The van der Waals surface area contributed by atoms with Crippen molar-refractivity contribution in [2.24, 2.45) is 0 Å². The van der Waals surface area contributed by atoms with Crippen molar-refractivity contribution in [3.63, 3.8) is 0 Å². The van der Waals surface area contributed by atoms with Crippen molar-refractivity contribution >= 4 is 17.9 Å². The summed E-state index contributed by atoms with van der Waals surface area (Å²) in [5.41, 5.74) is 0. The highest BCUT2D eigenvalue weighted by molar-refractivity contribution is 5.71. The second-order valence-corrected chi connectivity index (χ2v) is 16.4. The van der Waals surface area contributed by atoms with Gasteiger partial charge >= 0.3 is 17.9 Å². The summed E-state index contributed by atoms with van der Waals surface area (Å²) in [5.74, 6) is -0.866. The molecule has 0 aromatic heterocycles. The van der Waals surface area contributed by atoms with Gasteiger partial charge in [0.2, 0.25) is 0 Å². The molecule has 0 heterocycles. The maximum absolute atomic E-state index is 12.7. The zero-order valence-corrected chi connectivity index (χ0v) is 37.0. The molecule has 0 aromatic rings. The van der Waals surface area contributed by atoms with Gasteiger partial charge in [-0.1, -0.05) is 213 Å². The Morgan fingerprint density at radius 1 is 0.345 bits per heavy atom. The normalized spacial score (nSPS) is 12.0. The Bertz CT molecular complexity index is 854. The van der Waals surface area contributed by atoms with Crippen LogP contribution >= 0.6 is 0 Å². The van der Waals surface area contributed by atoms with Crippen LogP contribution in [-0.2, 0) is 28.6 Å². The van der Waals surface area contributed by atoms with Crippen LogP contribution < -0.4 is 0 Å². The van der Waals surface area contributed by atoms with Gasteiger partial charge in [-0.15, -0.1) is 0 Å². The zero-order valence-electron chi connectivity index (χ0n) is 37.0. The third-order valence-corrected chi connectivity index (χ3v) is 10.8. The number of unbranched alkanes of at least 4 members (excludes halogenated alkanes) is 31. The highest BCUT2D eigenvalue weighted by Crippen LogP contribution is 2.15. The van der Waals surface area contributed by atoms with Crippen LogP contribution in [0, 0.1) is 0 Å². The minimum absolute atomic E-state index is 0.0686. The van der Waals surface area contributed by atoms with Gasteiger partial charge in [-0.3, -0.25) is 14.4 Å². The van der Waals surface area contributed by atoms with E-state index >= 15 is 0 Å². The summed E-state index contributed by atoms with van der Waals surface area (Å²) in [6, 6.07) is 0. The third kappa shape index (κ3) is 43.1. The van der Waals surface area contributed by atoms with Crippen LogP contribution in [0.5, 0.6) is 0 Å². The van der Waals surface area contributed by atoms with Crippen molar-refractivity contribution in [2.75, 3.05) is 13.2 Å². The molecule has 0 spiro atoms. The predicted molar refractivity (Wildman–Crippen MR) is 233 cm³/mol. The average molecular weight is 777 g/mol. The molecule has 0 aliphatic rings. The van der Waals surface area contributed by atoms with Gasteiger partial charge in [0.15, 0.2) is 6.10 Å². The van der Waals surface area contributed by atoms with Crippen molar-refractivity contribution in [1.82, 2.24) is 0 Å². The van der Waals surface area contributed by atoms with Crippen LogP contribution in [0.15, 0.2) is 12.2 Å². The van der Waals surface area contributed by atoms with E-state index in [1.165, 1.54) is 161 Å².